The molecule has 9 heteroatoms. The summed E-state index contributed by atoms with van der Waals surface area (Å²) in [6.45, 7) is 7.65. The SMILES string of the molecule is CC(C)n1c(=O)n(C2CCC(=O)NC2=O)c2ccc(N3CCNCC3)cc21.Cl. The number of hydrogen-bond donors (Lipinski definition) is 2. The van der Waals surface area contributed by atoms with Gasteiger partial charge in [-0.3, -0.25) is 24.0 Å². The number of imide groups is 1. The molecule has 2 aliphatic rings. The van der Waals surface area contributed by atoms with E-state index in [0.717, 1.165) is 42.9 Å². The van der Waals surface area contributed by atoms with E-state index in [1.54, 1.807) is 9.13 Å². The summed E-state index contributed by atoms with van der Waals surface area (Å²) < 4.78 is 3.30. The highest BCUT2D eigenvalue weighted by atomic mass is 35.5. The Labute approximate surface area is 169 Å². The first-order chi connectivity index (χ1) is 13.0. The van der Waals surface area contributed by atoms with Crippen molar-refractivity contribution in [3.8, 4) is 0 Å². The van der Waals surface area contributed by atoms with Crippen molar-refractivity contribution < 1.29 is 9.59 Å². The van der Waals surface area contributed by atoms with E-state index < -0.39 is 11.9 Å². The molecule has 0 spiro atoms. The fourth-order valence-electron chi connectivity index (χ4n) is 4.08. The third-order valence-corrected chi connectivity index (χ3v) is 5.41. The van der Waals surface area contributed by atoms with Gasteiger partial charge in [0.25, 0.3) is 0 Å². The van der Waals surface area contributed by atoms with E-state index >= 15 is 0 Å². The van der Waals surface area contributed by atoms with Crippen molar-refractivity contribution in [1.29, 1.82) is 0 Å². The van der Waals surface area contributed by atoms with Gasteiger partial charge >= 0.3 is 5.69 Å². The first kappa shape index (κ1) is 20.4. The van der Waals surface area contributed by atoms with E-state index in [-0.39, 0.29) is 36.5 Å². The number of fused-ring (bicyclic) bond motifs is 1. The highest BCUT2D eigenvalue weighted by Crippen LogP contribution is 2.28. The average Bonchev–Trinajstić information content (AvgIpc) is 2.94. The number of halogens is 1. The standard InChI is InChI=1S/C19H25N5O3.ClH/c1-12(2)23-16-11-13(22-9-7-20-8-10-22)3-4-14(16)24(19(23)27)15-5-6-17(25)21-18(15)26;/h3-4,11-12,15,20H,5-10H2,1-2H3,(H,21,25,26);1H. The smallest absolute Gasteiger partial charge is 0.330 e. The fraction of sp³-hybridized carbons (Fsp3) is 0.526. The zero-order valence-electron chi connectivity index (χ0n) is 16.1. The fourth-order valence-corrected chi connectivity index (χ4v) is 4.08. The van der Waals surface area contributed by atoms with Gasteiger partial charge in [0.15, 0.2) is 0 Å². The van der Waals surface area contributed by atoms with Crippen LogP contribution >= 0.6 is 12.4 Å². The van der Waals surface area contributed by atoms with Gasteiger partial charge in [-0.25, -0.2) is 4.79 Å². The third kappa shape index (κ3) is 3.42. The normalized spacial score (nSPS) is 20.4. The van der Waals surface area contributed by atoms with Crippen LogP contribution in [0, 0.1) is 0 Å². The van der Waals surface area contributed by atoms with Crippen molar-refractivity contribution in [3.05, 3.63) is 28.7 Å². The van der Waals surface area contributed by atoms with Crippen LogP contribution in [0.4, 0.5) is 5.69 Å². The van der Waals surface area contributed by atoms with Crippen molar-refractivity contribution in [2.24, 2.45) is 0 Å². The minimum absolute atomic E-state index is 0. The highest BCUT2D eigenvalue weighted by molar-refractivity contribution is 6.00. The van der Waals surface area contributed by atoms with E-state index in [9.17, 15) is 14.4 Å². The molecule has 8 nitrogen and oxygen atoms in total. The van der Waals surface area contributed by atoms with Crippen molar-refractivity contribution in [2.45, 2.75) is 38.8 Å². The number of carbonyl (C=O) groups is 2. The Kier molecular flexibility index (Phi) is 5.81. The second kappa shape index (κ2) is 7.97. The van der Waals surface area contributed by atoms with E-state index in [1.807, 2.05) is 32.0 Å². The molecule has 3 heterocycles. The molecule has 4 rings (SSSR count). The maximum absolute atomic E-state index is 13.2. The number of aromatic nitrogens is 2. The van der Waals surface area contributed by atoms with E-state index in [1.165, 1.54) is 0 Å². The van der Waals surface area contributed by atoms with Gasteiger partial charge in [0.05, 0.1) is 11.0 Å². The molecule has 0 bridgehead atoms. The maximum atomic E-state index is 13.2. The second-order valence-corrected chi connectivity index (χ2v) is 7.49. The van der Waals surface area contributed by atoms with Crippen LogP contribution < -0.4 is 21.2 Å². The molecule has 2 amide bonds. The molecule has 2 N–H and O–H groups in total. The lowest BCUT2D eigenvalue weighted by Gasteiger charge is -2.29. The monoisotopic (exact) mass is 407 g/mol. The average molecular weight is 408 g/mol. The number of piperidine rings is 1. The Balaban J connectivity index is 0.00000225. The molecule has 0 radical (unpaired) electrons. The Bertz CT molecular complexity index is 958. The summed E-state index contributed by atoms with van der Waals surface area (Å²) >= 11 is 0. The predicted octanol–water partition coefficient (Wildman–Crippen LogP) is 1.19. The van der Waals surface area contributed by atoms with Crippen molar-refractivity contribution in [1.82, 2.24) is 19.8 Å². The Morgan fingerprint density at radius 3 is 2.43 bits per heavy atom. The molecular weight excluding hydrogens is 382 g/mol. The van der Waals surface area contributed by atoms with Gasteiger partial charge in [-0.1, -0.05) is 0 Å². The number of nitrogens with zero attached hydrogens (tertiary/aromatic N) is 3. The molecule has 0 aliphatic carbocycles. The van der Waals surface area contributed by atoms with E-state index in [0.29, 0.717) is 6.42 Å². The lowest BCUT2D eigenvalue weighted by atomic mass is 10.1. The molecule has 2 fully saturated rings. The van der Waals surface area contributed by atoms with Gasteiger partial charge in [-0.05, 0) is 38.5 Å². The molecule has 1 aromatic carbocycles. The summed E-state index contributed by atoms with van der Waals surface area (Å²) in [6.07, 6.45) is 0.595. The van der Waals surface area contributed by atoms with Crippen LogP contribution in [0.2, 0.25) is 0 Å². The quantitative estimate of drug-likeness (QED) is 0.746. The molecule has 2 aromatic rings. The number of carbonyl (C=O) groups excluding carboxylic acids is 2. The lowest BCUT2D eigenvalue weighted by molar-refractivity contribution is -0.135. The summed E-state index contributed by atoms with van der Waals surface area (Å²) in [5.74, 6) is -0.680. The number of hydrogen-bond acceptors (Lipinski definition) is 5. The Morgan fingerprint density at radius 1 is 1.07 bits per heavy atom. The van der Waals surface area contributed by atoms with Gasteiger partial charge < -0.3 is 10.2 Å². The first-order valence-corrected chi connectivity index (χ1v) is 9.53. The van der Waals surface area contributed by atoms with Crippen LogP contribution in [0.3, 0.4) is 0 Å². The molecule has 1 unspecified atom stereocenters. The van der Waals surface area contributed by atoms with Crippen molar-refractivity contribution in [3.63, 3.8) is 0 Å². The number of imidazole rings is 1. The van der Waals surface area contributed by atoms with Crippen molar-refractivity contribution in [2.75, 3.05) is 31.1 Å². The number of nitrogens with one attached hydrogen (secondary N) is 2. The number of benzene rings is 1. The van der Waals surface area contributed by atoms with Gasteiger partial charge in [-0.2, -0.15) is 0 Å². The molecule has 28 heavy (non-hydrogen) atoms. The Morgan fingerprint density at radius 2 is 1.79 bits per heavy atom. The van der Waals surface area contributed by atoms with Crippen LogP contribution in [0.5, 0.6) is 0 Å². The van der Waals surface area contributed by atoms with Crippen LogP contribution in [0.15, 0.2) is 23.0 Å². The van der Waals surface area contributed by atoms with Gasteiger partial charge in [0, 0.05) is 44.3 Å². The molecule has 1 aromatic heterocycles. The van der Waals surface area contributed by atoms with Crippen LogP contribution in [-0.4, -0.2) is 47.1 Å². The maximum Gasteiger partial charge on any atom is 0.330 e. The highest BCUT2D eigenvalue weighted by Gasteiger charge is 2.32. The lowest BCUT2D eigenvalue weighted by Crippen LogP contribution is -2.44. The van der Waals surface area contributed by atoms with Crippen molar-refractivity contribution >= 4 is 40.9 Å². The molecule has 152 valence electrons. The number of rotatable bonds is 3. The summed E-state index contributed by atoms with van der Waals surface area (Å²) in [7, 11) is 0. The predicted molar refractivity (Wildman–Crippen MR) is 110 cm³/mol. The topological polar surface area (TPSA) is 88.4 Å². The molecular formula is C19H26ClN5O3. The minimum Gasteiger partial charge on any atom is -0.369 e. The summed E-state index contributed by atoms with van der Waals surface area (Å²) in [6, 6.07) is 5.30. The number of amides is 2. The van der Waals surface area contributed by atoms with Crippen LogP contribution in [0.1, 0.15) is 38.8 Å². The number of anilines is 1. The summed E-state index contributed by atoms with van der Waals surface area (Å²) in [5.41, 5.74) is 2.45. The van der Waals surface area contributed by atoms with Crippen LogP contribution in [-0.2, 0) is 9.59 Å². The van der Waals surface area contributed by atoms with Gasteiger partial charge in [0.2, 0.25) is 11.8 Å². The second-order valence-electron chi connectivity index (χ2n) is 7.49. The number of piperazine rings is 1. The zero-order valence-corrected chi connectivity index (χ0v) is 16.9. The molecule has 1 atom stereocenters. The zero-order chi connectivity index (χ0) is 19.1. The summed E-state index contributed by atoms with van der Waals surface area (Å²) in [5, 5.41) is 5.70. The Hall–Kier alpha value is -2.32. The molecule has 2 saturated heterocycles. The first-order valence-electron chi connectivity index (χ1n) is 9.53. The molecule has 0 saturated carbocycles. The van der Waals surface area contributed by atoms with Crippen LogP contribution in [0.25, 0.3) is 11.0 Å². The summed E-state index contributed by atoms with van der Waals surface area (Å²) in [4.78, 5) is 39.4. The largest absolute Gasteiger partial charge is 0.369 e. The van der Waals surface area contributed by atoms with Gasteiger partial charge in [-0.15, -0.1) is 12.4 Å². The van der Waals surface area contributed by atoms with Gasteiger partial charge in [0.1, 0.15) is 6.04 Å². The molecule has 2 aliphatic heterocycles. The van der Waals surface area contributed by atoms with E-state index in [4.69, 9.17) is 0 Å². The third-order valence-electron chi connectivity index (χ3n) is 5.41. The van der Waals surface area contributed by atoms with E-state index in [2.05, 4.69) is 15.5 Å². The minimum atomic E-state index is -0.650.